The average Bonchev–Trinajstić information content (AvgIpc) is 3.29. The predicted molar refractivity (Wildman–Crippen MR) is 147 cm³/mol. The van der Waals surface area contributed by atoms with Crippen molar-refractivity contribution in [3.05, 3.63) is 59.7 Å². The highest BCUT2D eigenvalue weighted by Crippen LogP contribution is 2.44. The van der Waals surface area contributed by atoms with E-state index < -0.39 is 17.7 Å². The van der Waals surface area contributed by atoms with Gasteiger partial charge in [0.25, 0.3) is 0 Å². The van der Waals surface area contributed by atoms with Gasteiger partial charge in [-0.25, -0.2) is 4.79 Å². The maximum atomic E-state index is 13.3. The molecule has 0 bridgehead atoms. The number of rotatable bonds is 10. The van der Waals surface area contributed by atoms with E-state index in [1.807, 2.05) is 47.4 Å². The number of hydrogen-bond donors (Lipinski definition) is 3. The number of para-hydroxylation sites is 2. The molecule has 38 heavy (non-hydrogen) atoms. The largest absolute Gasteiger partial charge is 0.457 e. The molecule has 2 heterocycles. The van der Waals surface area contributed by atoms with Crippen molar-refractivity contribution in [1.82, 2.24) is 9.80 Å². The number of urea groups is 1. The number of likely N-dealkylation sites (tertiary alicyclic amines) is 2. The molecule has 2 saturated heterocycles. The third-order valence-corrected chi connectivity index (χ3v) is 8.05. The summed E-state index contributed by atoms with van der Waals surface area (Å²) in [4.78, 5) is 16.8. The zero-order valence-electron chi connectivity index (χ0n) is 22.7. The molecule has 2 aliphatic heterocycles. The Bertz CT molecular complexity index is 1060. The number of benzene rings is 2. The first-order chi connectivity index (χ1) is 18.4. The first-order valence-corrected chi connectivity index (χ1v) is 13.9. The van der Waals surface area contributed by atoms with Gasteiger partial charge in [0.15, 0.2) is 0 Å². The Labute approximate surface area is 226 Å². The summed E-state index contributed by atoms with van der Waals surface area (Å²) in [6.07, 6.45) is 3.88. The number of aryl methyl sites for hydroxylation is 1. The van der Waals surface area contributed by atoms with Gasteiger partial charge in [0.2, 0.25) is 0 Å². The van der Waals surface area contributed by atoms with E-state index in [4.69, 9.17) is 15.2 Å². The quantitative estimate of drug-likeness (QED) is 0.406. The van der Waals surface area contributed by atoms with Crippen molar-refractivity contribution in [1.29, 1.82) is 0 Å². The van der Waals surface area contributed by atoms with E-state index in [1.165, 1.54) is 0 Å². The Morgan fingerprint density at radius 2 is 1.79 bits per heavy atom. The third-order valence-electron chi connectivity index (χ3n) is 8.05. The lowest BCUT2D eigenvalue weighted by Gasteiger charge is -2.44. The topological polar surface area (TPSA) is 108 Å². The van der Waals surface area contributed by atoms with Crippen molar-refractivity contribution < 1.29 is 24.5 Å². The molecule has 0 aliphatic carbocycles. The van der Waals surface area contributed by atoms with Crippen LogP contribution in [0.15, 0.2) is 48.5 Å². The van der Waals surface area contributed by atoms with Crippen LogP contribution in [-0.2, 0) is 16.8 Å². The van der Waals surface area contributed by atoms with E-state index in [-0.39, 0.29) is 18.5 Å². The van der Waals surface area contributed by atoms with Gasteiger partial charge in [-0.3, -0.25) is 0 Å². The van der Waals surface area contributed by atoms with Crippen molar-refractivity contribution in [3.8, 4) is 11.5 Å². The summed E-state index contributed by atoms with van der Waals surface area (Å²) in [5.41, 5.74) is 6.63. The van der Waals surface area contributed by atoms with Crippen LogP contribution in [0.2, 0.25) is 0 Å². The number of nitrogens with zero attached hydrogens (tertiary/aromatic N) is 2. The summed E-state index contributed by atoms with van der Waals surface area (Å²) in [5.74, 6) is 1.25. The van der Waals surface area contributed by atoms with Gasteiger partial charge in [0, 0.05) is 57.4 Å². The van der Waals surface area contributed by atoms with Crippen LogP contribution in [0.4, 0.5) is 4.79 Å². The number of aliphatic hydroxyl groups excluding tert-OH is 1. The van der Waals surface area contributed by atoms with Gasteiger partial charge in [-0.15, -0.1) is 0 Å². The second kappa shape index (κ2) is 12.9. The van der Waals surface area contributed by atoms with Crippen molar-refractivity contribution in [3.63, 3.8) is 0 Å². The van der Waals surface area contributed by atoms with Gasteiger partial charge in [-0.1, -0.05) is 43.3 Å². The van der Waals surface area contributed by atoms with Gasteiger partial charge in [0.1, 0.15) is 11.5 Å². The predicted octanol–water partition coefficient (Wildman–Crippen LogP) is 3.88. The lowest BCUT2D eigenvalue weighted by atomic mass is 9.73. The molecule has 208 valence electrons. The Balaban J connectivity index is 1.62. The monoisotopic (exact) mass is 525 g/mol. The Kier molecular flexibility index (Phi) is 9.65. The number of ether oxygens (including phenoxy) is 2. The number of aliphatic hydroxyl groups is 2. The van der Waals surface area contributed by atoms with Gasteiger partial charge in [0.05, 0.1) is 11.7 Å². The number of unbranched alkanes of at least 4 members (excludes halogenated alkanes) is 1. The number of piperidine rings is 1. The molecular weight excluding hydrogens is 482 g/mol. The standard InChI is InChI=1S/C30H43N3O5/c1-3-22-11-4-6-14-27(22)38-28-15-7-5-13-24(28)30(36,16-8-9-18-37-2)23-12-10-17-32(19-23)29(35)33-20-25(31)26(34)21-33/h4-7,11,13-15,23,25-26,34,36H,3,8-10,12,16-21,31H2,1-2H3/t23-,25-,26+,30+/m1/s1. The lowest BCUT2D eigenvalue weighted by Crippen LogP contribution is -2.51. The van der Waals surface area contributed by atoms with Crippen molar-refractivity contribution in [2.75, 3.05) is 39.9 Å². The summed E-state index contributed by atoms with van der Waals surface area (Å²) < 4.78 is 11.7. The second-order valence-electron chi connectivity index (χ2n) is 10.6. The maximum absolute atomic E-state index is 13.3. The molecule has 0 spiro atoms. The maximum Gasteiger partial charge on any atom is 0.320 e. The fourth-order valence-electron chi connectivity index (χ4n) is 5.84. The number of β-amino-alcohol motifs (C(OH)–C–C–N with tert-alkyl or cyclic N) is 1. The number of nitrogens with two attached hydrogens (primary N) is 1. The van der Waals surface area contributed by atoms with Crippen LogP contribution in [0.3, 0.4) is 0 Å². The van der Waals surface area contributed by atoms with Crippen LogP contribution < -0.4 is 10.5 Å². The average molecular weight is 526 g/mol. The van der Waals surface area contributed by atoms with Crippen molar-refractivity contribution in [2.45, 2.75) is 63.2 Å². The van der Waals surface area contributed by atoms with E-state index in [9.17, 15) is 15.0 Å². The number of amides is 2. The fourth-order valence-corrected chi connectivity index (χ4v) is 5.84. The first-order valence-electron chi connectivity index (χ1n) is 13.9. The molecule has 0 radical (unpaired) electrons. The van der Waals surface area contributed by atoms with E-state index in [1.54, 1.807) is 12.0 Å². The molecule has 2 aliphatic rings. The molecule has 4 rings (SSSR count). The molecule has 8 nitrogen and oxygen atoms in total. The first kappa shape index (κ1) is 28.4. The summed E-state index contributed by atoms with van der Waals surface area (Å²) in [5, 5.41) is 22.6. The smallest absolute Gasteiger partial charge is 0.320 e. The highest BCUT2D eigenvalue weighted by Gasteiger charge is 2.44. The molecule has 2 aromatic rings. The number of carbonyl (C=O) groups excluding carboxylic acids is 1. The van der Waals surface area contributed by atoms with Crippen molar-refractivity contribution in [2.24, 2.45) is 11.7 Å². The van der Waals surface area contributed by atoms with E-state index in [2.05, 4.69) is 13.0 Å². The minimum absolute atomic E-state index is 0.121. The molecule has 0 saturated carbocycles. The van der Waals surface area contributed by atoms with Crippen LogP contribution in [-0.4, -0.2) is 78.1 Å². The Hall–Kier alpha value is -2.65. The highest BCUT2D eigenvalue weighted by atomic mass is 16.5. The normalized spacial score (nSPS) is 23.3. The SMILES string of the molecule is CCc1ccccc1Oc1ccccc1[C@](O)(CCCCOC)[C@@H]1CCCN(C(=O)N2C[C@@H](N)[C@@H](O)C2)C1. The second-order valence-corrected chi connectivity index (χ2v) is 10.6. The lowest BCUT2D eigenvalue weighted by molar-refractivity contribution is -0.0587. The zero-order chi connectivity index (χ0) is 27.1. The van der Waals surface area contributed by atoms with Crippen LogP contribution in [0, 0.1) is 5.92 Å². The van der Waals surface area contributed by atoms with Crippen LogP contribution in [0.25, 0.3) is 0 Å². The Morgan fingerprint density at radius 3 is 2.50 bits per heavy atom. The molecule has 0 aromatic heterocycles. The van der Waals surface area contributed by atoms with Crippen LogP contribution in [0.1, 0.15) is 50.2 Å². The molecule has 8 heteroatoms. The van der Waals surface area contributed by atoms with Gasteiger partial charge < -0.3 is 35.2 Å². The Morgan fingerprint density at radius 1 is 1.05 bits per heavy atom. The number of carbonyl (C=O) groups is 1. The van der Waals surface area contributed by atoms with Gasteiger partial charge >= 0.3 is 6.03 Å². The fraction of sp³-hybridized carbons (Fsp3) is 0.567. The van der Waals surface area contributed by atoms with Crippen LogP contribution >= 0.6 is 0 Å². The van der Waals surface area contributed by atoms with Gasteiger partial charge in [-0.05, 0) is 56.2 Å². The minimum Gasteiger partial charge on any atom is -0.457 e. The molecule has 4 N–H and O–H groups in total. The summed E-state index contributed by atoms with van der Waals surface area (Å²) in [7, 11) is 1.69. The van der Waals surface area contributed by atoms with Crippen LogP contribution in [0.5, 0.6) is 11.5 Å². The summed E-state index contributed by atoms with van der Waals surface area (Å²) in [6.45, 7) is 4.37. The summed E-state index contributed by atoms with van der Waals surface area (Å²) >= 11 is 0. The summed E-state index contributed by atoms with van der Waals surface area (Å²) in [6, 6.07) is 15.2. The van der Waals surface area contributed by atoms with E-state index in [0.29, 0.717) is 38.4 Å². The molecular formula is C30H43N3O5. The number of methoxy groups -OCH3 is 1. The minimum atomic E-state index is -1.19. The molecule has 2 amide bonds. The molecule has 0 unspecified atom stereocenters. The molecule has 2 fully saturated rings. The molecule has 2 aromatic carbocycles. The van der Waals surface area contributed by atoms with Crippen molar-refractivity contribution >= 4 is 6.03 Å². The third kappa shape index (κ3) is 6.31. The van der Waals surface area contributed by atoms with Gasteiger partial charge in [-0.2, -0.15) is 0 Å². The van der Waals surface area contributed by atoms with E-state index in [0.717, 1.165) is 49.0 Å². The zero-order valence-corrected chi connectivity index (χ0v) is 22.7. The number of hydrogen-bond acceptors (Lipinski definition) is 6. The highest BCUT2D eigenvalue weighted by molar-refractivity contribution is 5.75. The van der Waals surface area contributed by atoms with E-state index >= 15 is 0 Å². The molecule has 4 atom stereocenters.